The maximum Gasteiger partial charge on any atom is 0.329 e. The second-order valence-corrected chi connectivity index (χ2v) is 18.1. The number of piperidine rings is 2. The van der Waals surface area contributed by atoms with E-state index in [1.807, 2.05) is 18.2 Å². The summed E-state index contributed by atoms with van der Waals surface area (Å²) in [5, 5.41) is 27.2. The van der Waals surface area contributed by atoms with Crippen LogP contribution in [0.1, 0.15) is 124 Å². The molecule has 2 saturated heterocycles. The second-order valence-electron chi connectivity index (χ2n) is 18.1. The van der Waals surface area contributed by atoms with Crippen molar-refractivity contribution in [1.29, 1.82) is 0 Å². The van der Waals surface area contributed by atoms with Crippen LogP contribution >= 0.6 is 0 Å². The Balaban J connectivity index is 0.716. The molecule has 2 aliphatic heterocycles. The van der Waals surface area contributed by atoms with Crippen LogP contribution in [0.15, 0.2) is 47.7 Å². The van der Waals surface area contributed by atoms with Crippen LogP contribution in [-0.2, 0) is 27.8 Å². The third kappa shape index (κ3) is 9.33. The lowest BCUT2D eigenvalue weighted by Gasteiger charge is -2.36. The molecule has 0 radical (unpaired) electrons. The number of rotatable bonds is 14. The largest absolute Gasteiger partial charge is 0.391 e. The molecule has 0 bridgehead atoms. The lowest BCUT2D eigenvalue weighted by atomic mass is 9.85. The van der Waals surface area contributed by atoms with E-state index in [9.17, 15) is 33.1 Å². The minimum atomic E-state index is -2.87. The van der Waals surface area contributed by atoms with Crippen LogP contribution in [0, 0.1) is 5.92 Å². The van der Waals surface area contributed by atoms with Crippen molar-refractivity contribution in [2.75, 3.05) is 36.9 Å². The highest BCUT2D eigenvalue weighted by molar-refractivity contribution is 6.08. The molecule has 19 heteroatoms. The smallest absolute Gasteiger partial charge is 0.329 e. The van der Waals surface area contributed by atoms with Gasteiger partial charge in [0.15, 0.2) is 11.3 Å². The molecule has 9 rings (SSSR count). The number of benzene rings is 1. The molecule has 342 valence electrons. The monoisotopic (exact) mass is 885 g/mol. The Hall–Kier alpha value is -5.53. The van der Waals surface area contributed by atoms with Gasteiger partial charge in [0.1, 0.15) is 17.4 Å². The number of aromatic nitrogens is 7. The summed E-state index contributed by atoms with van der Waals surface area (Å²) in [6.07, 6.45) is 12.5. The summed E-state index contributed by atoms with van der Waals surface area (Å²) < 4.78 is 41.0. The van der Waals surface area contributed by atoms with E-state index in [-0.39, 0.29) is 53.1 Å². The minimum Gasteiger partial charge on any atom is -0.391 e. The van der Waals surface area contributed by atoms with Gasteiger partial charge in [-0.1, -0.05) is 18.9 Å². The summed E-state index contributed by atoms with van der Waals surface area (Å²) in [5.74, 6) is -0.368. The Labute approximate surface area is 368 Å². The number of amides is 3. The summed E-state index contributed by atoms with van der Waals surface area (Å²) in [4.78, 5) is 57.9. The number of carbonyl (C=O) groups excluding carboxylic acids is 3. The second kappa shape index (κ2) is 18.9. The van der Waals surface area contributed by atoms with Crippen LogP contribution in [0.2, 0.25) is 0 Å². The number of alkyl halides is 2. The topological polar surface area (TPSA) is 195 Å². The number of nitrogens with one attached hydrogen (secondary N) is 3. The van der Waals surface area contributed by atoms with Gasteiger partial charge in [-0.05, 0) is 100 Å². The third-order valence-corrected chi connectivity index (χ3v) is 13.8. The summed E-state index contributed by atoms with van der Waals surface area (Å²) in [6, 6.07) is 6.71. The van der Waals surface area contributed by atoms with E-state index in [1.54, 1.807) is 28.6 Å². The molecule has 3 amide bonds. The zero-order valence-electron chi connectivity index (χ0n) is 36.1. The van der Waals surface area contributed by atoms with Crippen LogP contribution in [0.5, 0.6) is 0 Å². The summed E-state index contributed by atoms with van der Waals surface area (Å²) >= 11 is 0. The maximum atomic E-state index is 14.3. The number of hydrogen-bond acceptors (Lipinski definition) is 11. The van der Waals surface area contributed by atoms with E-state index in [1.165, 1.54) is 21.5 Å². The number of aliphatic hydroxyl groups excluding tert-OH is 1. The fourth-order valence-corrected chi connectivity index (χ4v) is 10.2. The van der Waals surface area contributed by atoms with Gasteiger partial charge in [-0.2, -0.15) is 10.2 Å². The van der Waals surface area contributed by atoms with Crippen molar-refractivity contribution in [1.82, 2.24) is 43.7 Å². The van der Waals surface area contributed by atoms with Crippen molar-refractivity contribution in [3.05, 3.63) is 70.2 Å². The molecule has 64 heavy (non-hydrogen) atoms. The number of likely N-dealkylation sites (tertiary alicyclic amines) is 1. The molecule has 4 N–H and O–H groups in total. The van der Waals surface area contributed by atoms with Gasteiger partial charge in [0, 0.05) is 52.1 Å². The zero-order chi connectivity index (χ0) is 44.5. The lowest BCUT2D eigenvalue weighted by molar-refractivity contribution is -0.135. The van der Waals surface area contributed by atoms with Crippen molar-refractivity contribution >= 4 is 45.9 Å². The third-order valence-electron chi connectivity index (χ3n) is 13.8. The van der Waals surface area contributed by atoms with Gasteiger partial charge in [-0.3, -0.25) is 33.5 Å². The van der Waals surface area contributed by atoms with Crippen molar-refractivity contribution in [3.63, 3.8) is 0 Å². The standard InChI is InChI=1S/C45H57F2N11O6/c1-54-36-23-27(10-13-34(36)58(45(54)63)35-14-15-39(60)52-44(35)62)5-4-22-64-30-16-19-55(20-17-30)25-28-8-11-29(12-9-28)57-26-33(40(53-57)41(46)47)50-43(61)31-24-48-56-21-18-38(51-42(31)56)49-32-6-2-3-7-37(32)59/h10,13,18,21,23-24,26,28-30,32,35,37,41,59H,2-9,11-12,14-17,19-20,22,25H2,1H3,(H,49,51)(H,50,61)(H,52,60,62)/t28?,29?,32-,35?,37+/m1/s1. The summed E-state index contributed by atoms with van der Waals surface area (Å²) in [6.45, 7) is 3.55. The molecule has 2 saturated carbocycles. The Morgan fingerprint density at radius 3 is 2.56 bits per heavy atom. The highest BCUT2D eigenvalue weighted by Crippen LogP contribution is 2.36. The molecule has 3 atom stereocenters. The summed E-state index contributed by atoms with van der Waals surface area (Å²) in [7, 11) is 1.70. The van der Waals surface area contributed by atoms with E-state index in [4.69, 9.17) is 4.74 Å². The average molecular weight is 886 g/mol. The number of fused-ring (bicyclic) bond motifs is 2. The SMILES string of the molecule is Cn1c(=O)n(C2CCC(=O)NC2=O)c2ccc(CCCOC3CCN(CC4CCC(n5cc(NC(=O)c6cnn7ccc(N[C@@H]8CCCC[C@@H]8O)nc67)c(C(F)F)n5)CC4)CC3)cc21. The number of ether oxygens (including phenoxy) is 1. The Bertz CT molecular complexity index is 2550. The van der Waals surface area contributed by atoms with Gasteiger partial charge >= 0.3 is 5.69 Å². The predicted octanol–water partition coefficient (Wildman–Crippen LogP) is 5.31. The van der Waals surface area contributed by atoms with Crippen molar-refractivity contribution in [3.8, 4) is 0 Å². The lowest BCUT2D eigenvalue weighted by Crippen LogP contribution is -2.44. The van der Waals surface area contributed by atoms with Crippen molar-refractivity contribution in [2.24, 2.45) is 13.0 Å². The number of aliphatic hydroxyl groups is 1. The van der Waals surface area contributed by atoms with Gasteiger partial charge in [-0.25, -0.2) is 23.1 Å². The number of imide groups is 1. The molecule has 4 fully saturated rings. The predicted molar refractivity (Wildman–Crippen MR) is 233 cm³/mol. The van der Waals surface area contributed by atoms with Gasteiger partial charge in [0.25, 0.3) is 12.3 Å². The van der Waals surface area contributed by atoms with Crippen LogP contribution in [0.3, 0.4) is 0 Å². The Morgan fingerprint density at radius 1 is 1.00 bits per heavy atom. The number of nitrogens with zero attached hydrogens (tertiary/aromatic N) is 8. The molecule has 4 aromatic heterocycles. The number of aryl methyl sites for hydroxylation is 2. The quantitative estimate of drug-likeness (QED) is 0.0835. The fraction of sp³-hybridized carbons (Fsp3) is 0.578. The number of imidazole rings is 1. The van der Waals surface area contributed by atoms with Crippen molar-refractivity contribution in [2.45, 2.75) is 127 Å². The number of halogens is 2. The highest BCUT2D eigenvalue weighted by Gasteiger charge is 2.33. The Morgan fingerprint density at radius 2 is 1.80 bits per heavy atom. The Kier molecular flexibility index (Phi) is 12.9. The number of hydrogen-bond donors (Lipinski definition) is 4. The first-order valence-electron chi connectivity index (χ1n) is 22.8. The molecule has 4 aliphatic rings. The number of carbonyl (C=O) groups is 3. The molecular formula is C45H57F2N11O6. The molecule has 1 unspecified atom stereocenters. The van der Waals surface area contributed by atoms with Crippen LogP contribution in [0.4, 0.5) is 20.3 Å². The maximum absolute atomic E-state index is 14.3. The molecule has 6 heterocycles. The average Bonchev–Trinajstić information content (AvgIpc) is 3.98. The summed E-state index contributed by atoms with van der Waals surface area (Å²) in [5.41, 5.74) is 2.16. The van der Waals surface area contributed by atoms with Gasteiger partial charge in [0.05, 0.1) is 47.2 Å². The van der Waals surface area contributed by atoms with E-state index in [0.29, 0.717) is 36.7 Å². The molecular weight excluding hydrogens is 829 g/mol. The molecule has 5 aromatic rings. The normalized spacial score (nSPS) is 23.9. The van der Waals surface area contributed by atoms with Gasteiger partial charge in [-0.15, -0.1) is 0 Å². The van der Waals surface area contributed by atoms with Crippen LogP contribution in [-0.4, -0.2) is 106 Å². The van der Waals surface area contributed by atoms with Gasteiger partial charge < -0.3 is 25.4 Å². The van der Waals surface area contributed by atoms with Crippen LogP contribution < -0.4 is 21.6 Å². The van der Waals surface area contributed by atoms with E-state index >= 15 is 0 Å². The van der Waals surface area contributed by atoms with Crippen LogP contribution in [0.25, 0.3) is 16.7 Å². The first-order valence-corrected chi connectivity index (χ1v) is 22.8. The minimum absolute atomic E-state index is 0.0278. The first-order chi connectivity index (χ1) is 31.0. The molecule has 17 nitrogen and oxygen atoms in total. The first kappa shape index (κ1) is 43.7. The van der Waals surface area contributed by atoms with E-state index in [2.05, 4.69) is 36.0 Å². The molecule has 1 aromatic carbocycles. The fourth-order valence-electron chi connectivity index (χ4n) is 10.2. The molecule has 0 spiro atoms. The highest BCUT2D eigenvalue weighted by atomic mass is 19.3. The van der Waals surface area contributed by atoms with Gasteiger partial charge in [0.2, 0.25) is 11.8 Å². The van der Waals surface area contributed by atoms with E-state index < -0.39 is 36.1 Å². The number of anilines is 2. The van der Waals surface area contributed by atoms with Crippen molar-refractivity contribution < 1.29 is 33.0 Å². The zero-order valence-corrected chi connectivity index (χ0v) is 36.1. The molecule has 2 aliphatic carbocycles. The van der Waals surface area contributed by atoms with E-state index in [0.717, 1.165) is 101 Å².